The monoisotopic (exact) mass is 526 g/mol. The largest absolute Gasteiger partial charge is 0.357 e. The number of amides is 1. The molecular weight excluding hydrogens is 494 g/mol. The standard InChI is InChI=1S/C23H31FN4O.HI/c1-5-26-22(28-16-23(2,3)19-10-7-11-20(24)15-19)27-13-12-17-8-6-9-18(14-17)21(29)25-4;/h6-11,14-15H,5,12-13,16H2,1-4H3,(H,25,29)(H2,26,27,28);1H. The first-order chi connectivity index (χ1) is 13.9. The second-order valence-corrected chi connectivity index (χ2v) is 7.55. The normalized spacial score (nSPS) is 11.4. The Morgan fingerprint density at radius 3 is 2.50 bits per heavy atom. The molecule has 0 atom stereocenters. The van der Waals surface area contributed by atoms with E-state index in [9.17, 15) is 9.18 Å². The van der Waals surface area contributed by atoms with Gasteiger partial charge < -0.3 is 16.0 Å². The van der Waals surface area contributed by atoms with Gasteiger partial charge >= 0.3 is 0 Å². The zero-order valence-electron chi connectivity index (χ0n) is 18.1. The predicted octanol–water partition coefficient (Wildman–Crippen LogP) is 3.88. The molecule has 0 spiro atoms. The molecule has 0 fully saturated rings. The van der Waals surface area contributed by atoms with E-state index in [1.807, 2.05) is 31.2 Å². The summed E-state index contributed by atoms with van der Waals surface area (Å²) in [6.07, 6.45) is 0.766. The van der Waals surface area contributed by atoms with E-state index in [0.29, 0.717) is 18.7 Å². The molecule has 30 heavy (non-hydrogen) atoms. The molecule has 0 saturated carbocycles. The minimum absolute atomic E-state index is 0. The minimum Gasteiger partial charge on any atom is -0.357 e. The Morgan fingerprint density at radius 1 is 1.10 bits per heavy atom. The summed E-state index contributed by atoms with van der Waals surface area (Å²) in [6.45, 7) is 8.08. The number of guanidine groups is 1. The molecule has 0 aliphatic carbocycles. The molecule has 2 rings (SSSR count). The van der Waals surface area contributed by atoms with Crippen LogP contribution in [0.15, 0.2) is 53.5 Å². The van der Waals surface area contributed by atoms with Gasteiger partial charge in [-0.05, 0) is 48.7 Å². The summed E-state index contributed by atoms with van der Waals surface area (Å²) < 4.78 is 13.6. The molecule has 0 unspecified atom stereocenters. The van der Waals surface area contributed by atoms with Gasteiger partial charge in [-0.3, -0.25) is 9.79 Å². The van der Waals surface area contributed by atoms with Crippen molar-refractivity contribution in [2.24, 2.45) is 4.99 Å². The van der Waals surface area contributed by atoms with Crippen LogP contribution in [0.3, 0.4) is 0 Å². The Balaban J connectivity index is 0.00000450. The number of carbonyl (C=O) groups is 1. The van der Waals surface area contributed by atoms with E-state index in [0.717, 1.165) is 30.1 Å². The number of hydrogen-bond donors (Lipinski definition) is 3. The number of benzene rings is 2. The molecular formula is C23H32FIN4O. The lowest BCUT2D eigenvalue weighted by Gasteiger charge is -2.24. The van der Waals surface area contributed by atoms with Crippen LogP contribution >= 0.6 is 24.0 Å². The third-order valence-electron chi connectivity index (χ3n) is 4.71. The maximum Gasteiger partial charge on any atom is 0.251 e. The van der Waals surface area contributed by atoms with Crippen molar-refractivity contribution < 1.29 is 9.18 Å². The summed E-state index contributed by atoms with van der Waals surface area (Å²) in [4.78, 5) is 16.5. The first-order valence-electron chi connectivity index (χ1n) is 9.95. The SMILES string of the molecule is CCNC(=NCC(C)(C)c1cccc(F)c1)NCCc1cccc(C(=O)NC)c1.I. The van der Waals surface area contributed by atoms with Gasteiger partial charge in [0.05, 0.1) is 6.54 Å². The van der Waals surface area contributed by atoms with E-state index in [4.69, 9.17) is 0 Å². The highest BCUT2D eigenvalue weighted by atomic mass is 127. The first-order valence-corrected chi connectivity index (χ1v) is 9.95. The molecule has 5 nitrogen and oxygen atoms in total. The number of nitrogens with one attached hydrogen (secondary N) is 3. The summed E-state index contributed by atoms with van der Waals surface area (Å²) >= 11 is 0. The lowest BCUT2D eigenvalue weighted by atomic mass is 9.85. The summed E-state index contributed by atoms with van der Waals surface area (Å²) in [5, 5.41) is 9.22. The highest BCUT2D eigenvalue weighted by Gasteiger charge is 2.21. The Kier molecular flexibility index (Phi) is 10.8. The summed E-state index contributed by atoms with van der Waals surface area (Å²) in [7, 11) is 1.63. The first kappa shape index (κ1) is 25.9. The predicted molar refractivity (Wildman–Crippen MR) is 132 cm³/mol. The molecule has 0 aromatic heterocycles. The van der Waals surface area contributed by atoms with Crippen molar-refractivity contribution in [2.45, 2.75) is 32.6 Å². The molecule has 2 aromatic carbocycles. The van der Waals surface area contributed by atoms with Crippen LogP contribution in [0.2, 0.25) is 0 Å². The molecule has 164 valence electrons. The van der Waals surface area contributed by atoms with Gasteiger partial charge in [-0.15, -0.1) is 24.0 Å². The van der Waals surface area contributed by atoms with Crippen LogP contribution in [0.5, 0.6) is 0 Å². The fraction of sp³-hybridized carbons (Fsp3) is 0.391. The van der Waals surface area contributed by atoms with Crippen LogP contribution in [0, 0.1) is 5.82 Å². The summed E-state index contributed by atoms with van der Waals surface area (Å²) in [5.74, 6) is 0.400. The second-order valence-electron chi connectivity index (χ2n) is 7.55. The van der Waals surface area contributed by atoms with E-state index >= 15 is 0 Å². The quantitative estimate of drug-likeness (QED) is 0.278. The molecule has 1 amide bonds. The van der Waals surface area contributed by atoms with Crippen molar-refractivity contribution in [3.8, 4) is 0 Å². The zero-order chi connectivity index (χ0) is 21.3. The molecule has 0 heterocycles. The van der Waals surface area contributed by atoms with Crippen molar-refractivity contribution in [2.75, 3.05) is 26.7 Å². The van der Waals surface area contributed by atoms with Crippen LogP contribution in [0.25, 0.3) is 0 Å². The van der Waals surface area contributed by atoms with E-state index in [-0.39, 0.29) is 41.1 Å². The zero-order valence-corrected chi connectivity index (χ0v) is 20.4. The molecule has 2 aromatic rings. The molecule has 0 bridgehead atoms. The average Bonchev–Trinajstić information content (AvgIpc) is 2.71. The number of halogens is 2. The van der Waals surface area contributed by atoms with Gasteiger partial charge in [-0.2, -0.15) is 0 Å². The van der Waals surface area contributed by atoms with Crippen LogP contribution in [-0.4, -0.2) is 38.5 Å². The Hall–Kier alpha value is -2.16. The third-order valence-corrected chi connectivity index (χ3v) is 4.71. The van der Waals surface area contributed by atoms with Gasteiger partial charge in [0.15, 0.2) is 5.96 Å². The van der Waals surface area contributed by atoms with Crippen LogP contribution in [-0.2, 0) is 11.8 Å². The van der Waals surface area contributed by atoms with Crippen molar-refractivity contribution >= 4 is 35.8 Å². The lowest BCUT2D eigenvalue weighted by molar-refractivity contribution is 0.0963. The lowest BCUT2D eigenvalue weighted by Crippen LogP contribution is -2.39. The van der Waals surface area contributed by atoms with Crippen molar-refractivity contribution in [1.82, 2.24) is 16.0 Å². The number of hydrogen-bond acceptors (Lipinski definition) is 2. The number of carbonyl (C=O) groups excluding carboxylic acids is 1. The smallest absolute Gasteiger partial charge is 0.251 e. The molecule has 7 heteroatoms. The minimum atomic E-state index is -0.285. The number of aliphatic imine (C=N–C) groups is 1. The Bertz CT molecular complexity index is 855. The highest BCUT2D eigenvalue weighted by Crippen LogP contribution is 2.24. The fourth-order valence-corrected chi connectivity index (χ4v) is 2.96. The van der Waals surface area contributed by atoms with Gasteiger partial charge in [0.1, 0.15) is 5.82 Å². The van der Waals surface area contributed by atoms with E-state index in [1.165, 1.54) is 6.07 Å². The number of nitrogens with zero attached hydrogens (tertiary/aromatic N) is 1. The summed E-state index contributed by atoms with van der Waals surface area (Å²) in [5.41, 5.74) is 2.37. The van der Waals surface area contributed by atoms with Crippen molar-refractivity contribution in [3.05, 3.63) is 71.0 Å². The molecule has 0 saturated heterocycles. The maximum atomic E-state index is 13.6. The third kappa shape index (κ3) is 7.93. The fourth-order valence-electron chi connectivity index (χ4n) is 2.96. The van der Waals surface area contributed by atoms with E-state index in [1.54, 1.807) is 25.2 Å². The van der Waals surface area contributed by atoms with Gasteiger partial charge in [0, 0.05) is 31.1 Å². The average molecular weight is 526 g/mol. The van der Waals surface area contributed by atoms with Gasteiger partial charge in [-0.25, -0.2) is 4.39 Å². The molecule has 0 aliphatic heterocycles. The van der Waals surface area contributed by atoms with Gasteiger partial charge in [0.25, 0.3) is 5.91 Å². The van der Waals surface area contributed by atoms with Crippen molar-refractivity contribution in [1.29, 1.82) is 0 Å². The molecule has 0 radical (unpaired) electrons. The van der Waals surface area contributed by atoms with E-state index < -0.39 is 0 Å². The topological polar surface area (TPSA) is 65.5 Å². The number of rotatable bonds is 8. The van der Waals surface area contributed by atoms with Crippen LogP contribution < -0.4 is 16.0 Å². The van der Waals surface area contributed by atoms with Gasteiger partial charge in [-0.1, -0.05) is 38.1 Å². The maximum absolute atomic E-state index is 13.6. The molecule has 0 aliphatic rings. The van der Waals surface area contributed by atoms with Crippen LogP contribution in [0.1, 0.15) is 42.3 Å². The second kappa shape index (κ2) is 12.5. The van der Waals surface area contributed by atoms with E-state index in [2.05, 4.69) is 34.8 Å². The summed E-state index contributed by atoms with van der Waals surface area (Å²) in [6, 6.07) is 14.3. The molecule has 3 N–H and O–H groups in total. The van der Waals surface area contributed by atoms with Crippen LogP contribution in [0.4, 0.5) is 4.39 Å². The highest BCUT2D eigenvalue weighted by molar-refractivity contribution is 14.0. The van der Waals surface area contributed by atoms with Gasteiger partial charge in [0.2, 0.25) is 0 Å². The Labute approximate surface area is 196 Å². The Morgan fingerprint density at radius 2 is 1.83 bits per heavy atom. The van der Waals surface area contributed by atoms with Crippen molar-refractivity contribution in [3.63, 3.8) is 0 Å².